The average Bonchev–Trinajstić information content (AvgIpc) is 3.29. The first-order valence-electron chi connectivity index (χ1n) is 13.2. The van der Waals surface area contributed by atoms with Gasteiger partial charge >= 0.3 is 12.6 Å². The third-order valence-corrected chi connectivity index (χ3v) is 7.32. The molecule has 8 nitrogen and oxygen atoms in total. The predicted molar refractivity (Wildman–Crippen MR) is 150 cm³/mol. The molecule has 206 valence electrons. The minimum Gasteiger partial charge on any atom is -0.435 e. The highest BCUT2D eigenvalue weighted by atomic mass is 19.3. The molecule has 0 spiro atoms. The second kappa shape index (κ2) is 10.3. The molecule has 2 aromatic heterocycles. The van der Waals surface area contributed by atoms with Gasteiger partial charge in [-0.1, -0.05) is 37.9 Å². The van der Waals surface area contributed by atoms with Gasteiger partial charge in [0.2, 0.25) is 5.82 Å². The molecule has 0 bridgehead atoms. The van der Waals surface area contributed by atoms with Crippen LogP contribution in [0.3, 0.4) is 0 Å². The summed E-state index contributed by atoms with van der Waals surface area (Å²) in [5.74, 6) is 1.77. The zero-order valence-corrected chi connectivity index (χ0v) is 23.4. The molecule has 0 atom stereocenters. The first-order valence-corrected chi connectivity index (χ1v) is 13.2. The molecule has 3 heterocycles. The van der Waals surface area contributed by atoms with Crippen molar-refractivity contribution in [1.82, 2.24) is 14.5 Å². The zero-order valence-electron chi connectivity index (χ0n) is 23.4. The van der Waals surface area contributed by atoms with Crippen LogP contribution >= 0.6 is 0 Å². The van der Waals surface area contributed by atoms with E-state index in [0.717, 1.165) is 66.0 Å². The third-order valence-electron chi connectivity index (χ3n) is 7.32. The summed E-state index contributed by atoms with van der Waals surface area (Å²) in [5.41, 5.74) is 6.23. The van der Waals surface area contributed by atoms with Crippen molar-refractivity contribution in [3.8, 4) is 5.75 Å². The summed E-state index contributed by atoms with van der Waals surface area (Å²) >= 11 is 0. The molecule has 0 saturated carbocycles. The van der Waals surface area contributed by atoms with Crippen LogP contribution in [0.15, 0.2) is 48.8 Å². The molecule has 2 aromatic carbocycles. The molecule has 1 fully saturated rings. The molecule has 0 amide bonds. The van der Waals surface area contributed by atoms with Crippen molar-refractivity contribution in [3.63, 3.8) is 0 Å². The zero-order chi connectivity index (χ0) is 27.9. The quantitative estimate of drug-likeness (QED) is 0.347. The lowest BCUT2D eigenvalue weighted by molar-refractivity contribution is -0.636. The lowest BCUT2D eigenvalue weighted by atomic mass is 9.86. The van der Waals surface area contributed by atoms with Crippen LogP contribution in [0, 0.1) is 6.92 Å². The van der Waals surface area contributed by atoms with E-state index in [2.05, 4.69) is 70.7 Å². The molecule has 1 N–H and O–H groups in total. The molecule has 1 aliphatic rings. The predicted octanol–water partition coefficient (Wildman–Crippen LogP) is 5.07. The van der Waals surface area contributed by atoms with E-state index in [1.807, 2.05) is 41.7 Å². The number of aryl methyl sites for hydroxylation is 3. The van der Waals surface area contributed by atoms with Crippen LogP contribution in [0.25, 0.3) is 11.2 Å². The summed E-state index contributed by atoms with van der Waals surface area (Å²) in [4.78, 5) is 14.3. The number of hydrogen-bond acceptors (Lipinski definition) is 6. The van der Waals surface area contributed by atoms with Crippen LogP contribution in [0.5, 0.6) is 5.75 Å². The van der Waals surface area contributed by atoms with Crippen LogP contribution < -0.4 is 24.4 Å². The average molecular weight is 537 g/mol. The van der Waals surface area contributed by atoms with Crippen LogP contribution in [-0.4, -0.2) is 47.3 Å². The van der Waals surface area contributed by atoms with E-state index in [9.17, 15) is 8.78 Å². The standard InChI is InChI=1S/C29H35F2N7O/c1-19-7-8-20(29(2,3)4)17-23(19)33-25-24-26(32-18-35(24)5)36(6)28(34-25)38-15-13-37(14-16-38)21-9-11-22(12-10-21)39-27(30)31/h7-12,17-18,27H,13-16H2,1-6H3/p+1. The molecule has 0 radical (unpaired) electrons. The molecule has 39 heavy (non-hydrogen) atoms. The van der Waals surface area contributed by atoms with Crippen molar-refractivity contribution in [2.45, 2.75) is 39.7 Å². The number of piperazine rings is 1. The number of aromatic nitrogens is 4. The van der Waals surface area contributed by atoms with Gasteiger partial charge in [-0.05, 0) is 53.8 Å². The summed E-state index contributed by atoms with van der Waals surface area (Å²) in [6.45, 7) is 8.97. The second-order valence-electron chi connectivity index (χ2n) is 11.1. The van der Waals surface area contributed by atoms with E-state index in [0.29, 0.717) is 0 Å². The second-order valence-corrected chi connectivity index (χ2v) is 11.1. The molecule has 1 aliphatic heterocycles. The Morgan fingerprint density at radius 2 is 1.67 bits per heavy atom. The molecular weight excluding hydrogens is 500 g/mol. The highest BCUT2D eigenvalue weighted by Gasteiger charge is 2.29. The lowest BCUT2D eigenvalue weighted by Gasteiger charge is -2.34. The van der Waals surface area contributed by atoms with Gasteiger partial charge in [-0.15, -0.1) is 4.98 Å². The number of halogens is 2. The van der Waals surface area contributed by atoms with Crippen LogP contribution in [0.2, 0.25) is 0 Å². The SMILES string of the molecule is Cc1ccc(C(C)(C)C)cc1Nc1nc(N2CCN(c3ccc(OC(F)F)cc3)CC2)[n+](C)c2ncn(C)c12. The Bertz CT molecular complexity index is 1470. The van der Waals surface area contributed by atoms with E-state index in [1.54, 1.807) is 12.1 Å². The molecular formula is C29H36F2N7O+. The van der Waals surface area contributed by atoms with E-state index in [-0.39, 0.29) is 11.2 Å². The molecule has 4 aromatic rings. The van der Waals surface area contributed by atoms with E-state index in [1.165, 1.54) is 5.56 Å². The Hall–Kier alpha value is -3.95. The van der Waals surface area contributed by atoms with Gasteiger partial charge in [0.15, 0.2) is 11.8 Å². The van der Waals surface area contributed by atoms with Gasteiger partial charge in [0.05, 0.1) is 20.1 Å². The maximum Gasteiger partial charge on any atom is 0.387 e. The first-order chi connectivity index (χ1) is 18.5. The Morgan fingerprint density at radius 1 is 1.00 bits per heavy atom. The molecule has 5 rings (SSSR count). The smallest absolute Gasteiger partial charge is 0.387 e. The third kappa shape index (κ3) is 5.46. The largest absolute Gasteiger partial charge is 0.435 e. The van der Waals surface area contributed by atoms with Crippen molar-refractivity contribution in [3.05, 3.63) is 59.9 Å². The summed E-state index contributed by atoms with van der Waals surface area (Å²) in [6.07, 6.45) is 1.82. The number of alkyl halides is 2. The fourth-order valence-electron chi connectivity index (χ4n) is 4.98. The number of imidazole rings is 1. The molecule has 0 aliphatic carbocycles. The van der Waals surface area contributed by atoms with Crippen LogP contribution in [0.1, 0.15) is 31.9 Å². The fraction of sp³-hybridized carbons (Fsp3) is 0.414. The number of anilines is 4. The molecule has 10 heteroatoms. The minimum absolute atomic E-state index is 0.0314. The number of hydrogen-bond donors (Lipinski definition) is 1. The number of nitrogens with zero attached hydrogens (tertiary/aromatic N) is 6. The summed E-state index contributed by atoms with van der Waals surface area (Å²) in [7, 11) is 3.98. The normalized spacial score (nSPS) is 14.4. The van der Waals surface area contributed by atoms with E-state index in [4.69, 9.17) is 4.98 Å². The van der Waals surface area contributed by atoms with Gasteiger partial charge in [-0.3, -0.25) is 4.90 Å². The van der Waals surface area contributed by atoms with Crippen molar-refractivity contribution in [2.75, 3.05) is 41.3 Å². The minimum atomic E-state index is -2.82. The maximum atomic E-state index is 12.5. The van der Waals surface area contributed by atoms with E-state index >= 15 is 0 Å². The van der Waals surface area contributed by atoms with Crippen molar-refractivity contribution >= 4 is 34.3 Å². The van der Waals surface area contributed by atoms with E-state index < -0.39 is 6.61 Å². The summed E-state index contributed by atoms with van der Waals surface area (Å²) in [5, 5.41) is 3.63. The number of nitrogens with one attached hydrogen (secondary N) is 1. The Kier molecular flexibility index (Phi) is 7.05. The van der Waals surface area contributed by atoms with Gasteiger partial charge in [-0.25, -0.2) is 4.57 Å². The highest BCUT2D eigenvalue weighted by Crippen LogP contribution is 2.31. The van der Waals surface area contributed by atoms with Gasteiger partial charge in [0, 0.05) is 31.5 Å². The van der Waals surface area contributed by atoms with Crippen LogP contribution in [-0.2, 0) is 19.5 Å². The summed E-state index contributed by atoms with van der Waals surface area (Å²) < 4.78 is 33.5. The Labute approximate surface area is 227 Å². The van der Waals surface area contributed by atoms with Gasteiger partial charge in [-0.2, -0.15) is 8.78 Å². The van der Waals surface area contributed by atoms with Crippen molar-refractivity contribution in [2.24, 2.45) is 14.1 Å². The number of rotatable bonds is 6. The van der Waals surface area contributed by atoms with Crippen molar-refractivity contribution in [1.29, 1.82) is 0 Å². The summed E-state index contributed by atoms with van der Waals surface area (Å²) in [6, 6.07) is 13.4. The van der Waals surface area contributed by atoms with Gasteiger partial charge in [0.25, 0.3) is 5.65 Å². The Balaban J connectivity index is 1.41. The van der Waals surface area contributed by atoms with Gasteiger partial charge < -0.3 is 19.5 Å². The maximum absolute atomic E-state index is 12.5. The Morgan fingerprint density at radius 3 is 2.31 bits per heavy atom. The monoisotopic (exact) mass is 536 g/mol. The molecule has 0 unspecified atom stereocenters. The fourth-order valence-corrected chi connectivity index (χ4v) is 4.98. The topological polar surface area (TPSA) is 62.3 Å². The van der Waals surface area contributed by atoms with Gasteiger partial charge in [0.1, 0.15) is 5.75 Å². The number of fused-ring (bicyclic) bond motifs is 1. The number of benzene rings is 2. The molecule has 1 saturated heterocycles. The van der Waals surface area contributed by atoms with Crippen LogP contribution in [0.4, 0.5) is 31.9 Å². The lowest BCUT2D eigenvalue weighted by Crippen LogP contribution is -2.51. The highest BCUT2D eigenvalue weighted by molar-refractivity contribution is 5.85. The van der Waals surface area contributed by atoms with Crippen molar-refractivity contribution < 1.29 is 18.1 Å². The number of ether oxygens (including phenoxy) is 1. The first kappa shape index (κ1) is 26.6.